The molecule has 22 heavy (non-hydrogen) atoms. The Labute approximate surface area is 124 Å². The summed E-state index contributed by atoms with van der Waals surface area (Å²) in [4.78, 5) is 20.4. The minimum absolute atomic E-state index is 0.0255. The minimum atomic E-state index is -1.74. The van der Waals surface area contributed by atoms with Crippen molar-refractivity contribution in [3.8, 4) is 5.75 Å². The molecule has 0 heterocycles. The maximum atomic E-state index is 12.7. The largest absolute Gasteiger partial charge is 0.444 e. The molecule has 2 N–H and O–H groups in total. The normalized spacial score (nSPS) is 10.4. The van der Waals surface area contributed by atoms with E-state index in [2.05, 4.69) is 9.47 Å². The zero-order valence-corrected chi connectivity index (χ0v) is 12.3. The molecule has 0 saturated carbocycles. The first-order chi connectivity index (χ1) is 9.85. The topological polar surface area (TPSA) is 78.6 Å². The van der Waals surface area contributed by atoms with Gasteiger partial charge in [0, 0.05) is 13.0 Å². The van der Waals surface area contributed by atoms with Crippen molar-refractivity contribution in [1.82, 2.24) is 0 Å². The molecular formula is C13H15F4NO4. The highest BCUT2D eigenvalue weighted by atomic mass is 19.2. The molecule has 9 heteroatoms. The molecule has 124 valence electrons. The molecule has 0 aliphatic carbocycles. The second-order valence-electron chi connectivity index (χ2n) is 4.92. The van der Waals surface area contributed by atoms with Crippen LogP contribution in [0.3, 0.4) is 0 Å². The van der Waals surface area contributed by atoms with E-state index in [0.717, 1.165) is 6.92 Å². The second-order valence-corrected chi connectivity index (χ2v) is 4.92. The van der Waals surface area contributed by atoms with Gasteiger partial charge in [0.05, 0.1) is 0 Å². The molecule has 5 nitrogen and oxygen atoms in total. The second kappa shape index (κ2) is 7.62. The molecule has 0 radical (unpaired) electrons. The highest BCUT2D eigenvalue weighted by Crippen LogP contribution is 2.26. The van der Waals surface area contributed by atoms with Gasteiger partial charge in [-0.15, -0.1) is 0 Å². The highest BCUT2D eigenvalue weighted by Gasteiger charge is 2.21. The number of rotatable bonds is 1. The highest BCUT2D eigenvalue weighted by molar-refractivity contribution is 5.69. The molecule has 0 unspecified atom stereocenters. The summed E-state index contributed by atoms with van der Waals surface area (Å²) in [6, 6.07) is 0.0255. The number of esters is 1. The SMILES string of the molecule is CC(=O)Oc1c(F)c(F)cc(F)c1F.CC(C)(C)OC(N)=O. The Morgan fingerprint density at radius 1 is 1.05 bits per heavy atom. The van der Waals surface area contributed by atoms with Crippen LogP contribution < -0.4 is 10.5 Å². The lowest BCUT2D eigenvalue weighted by atomic mass is 10.2. The van der Waals surface area contributed by atoms with Gasteiger partial charge in [0.25, 0.3) is 0 Å². The van der Waals surface area contributed by atoms with E-state index in [1.807, 2.05) is 0 Å². The summed E-state index contributed by atoms with van der Waals surface area (Å²) >= 11 is 0. The fourth-order valence-electron chi connectivity index (χ4n) is 1.09. The number of carbonyl (C=O) groups excluding carboxylic acids is 2. The summed E-state index contributed by atoms with van der Waals surface area (Å²) in [7, 11) is 0. The molecule has 0 atom stereocenters. The molecule has 1 rings (SSSR count). The van der Waals surface area contributed by atoms with Crippen molar-refractivity contribution in [2.45, 2.75) is 33.3 Å². The van der Waals surface area contributed by atoms with Crippen LogP contribution in [0.25, 0.3) is 0 Å². The van der Waals surface area contributed by atoms with Crippen LogP contribution in [0.4, 0.5) is 22.4 Å². The smallest absolute Gasteiger partial charge is 0.405 e. The molecule has 1 amide bonds. The van der Waals surface area contributed by atoms with E-state index in [9.17, 15) is 27.2 Å². The van der Waals surface area contributed by atoms with E-state index < -0.39 is 46.7 Å². The third kappa shape index (κ3) is 6.91. The Kier molecular flexibility index (Phi) is 6.82. The predicted molar refractivity (Wildman–Crippen MR) is 68.0 cm³/mol. The van der Waals surface area contributed by atoms with Gasteiger partial charge in [0.1, 0.15) is 5.60 Å². The lowest BCUT2D eigenvalue weighted by molar-refractivity contribution is -0.132. The molecule has 0 fully saturated rings. The number of benzene rings is 1. The van der Waals surface area contributed by atoms with Crippen LogP contribution in [-0.2, 0) is 9.53 Å². The summed E-state index contributed by atoms with van der Waals surface area (Å²) in [6.45, 7) is 6.13. The average molecular weight is 325 g/mol. The minimum Gasteiger partial charge on any atom is -0.444 e. The third-order valence-corrected chi connectivity index (χ3v) is 1.72. The Hall–Kier alpha value is -2.32. The van der Waals surface area contributed by atoms with Crippen molar-refractivity contribution < 1.29 is 36.6 Å². The van der Waals surface area contributed by atoms with Crippen molar-refractivity contribution in [2.24, 2.45) is 5.73 Å². The van der Waals surface area contributed by atoms with Gasteiger partial charge >= 0.3 is 12.1 Å². The summed E-state index contributed by atoms with van der Waals surface area (Å²) in [5.74, 6) is -9.17. The predicted octanol–water partition coefficient (Wildman–Crippen LogP) is 3.05. The Bertz CT molecular complexity index is 544. The number of hydrogen-bond acceptors (Lipinski definition) is 4. The molecule has 0 bridgehead atoms. The fourth-order valence-corrected chi connectivity index (χ4v) is 1.09. The van der Waals surface area contributed by atoms with E-state index in [-0.39, 0.29) is 6.07 Å². The molecule has 0 spiro atoms. The monoisotopic (exact) mass is 325 g/mol. The average Bonchev–Trinajstić information content (AvgIpc) is 2.29. The van der Waals surface area contributed by atoms with E-state index >= 15 is 0 Å². The van der Waals surface area contributed by atoms with Crippen LogP contribution in [0.1, 0.15) is 27.7 Å². The lowest BCUT2D eigenvalue weighted by Crippen LogP contribution is -2.27. The van der Waals surface area contributed by atoms with Crippen LogP contribution in [-0.4, -0.2) is 17.7 Å². The van der Waals surface area contributed by atoms with Gasteiger partial charge in [-0.05, 0) is 20.8 Å². The lowest BCUT2D eigenvalue weighted by Gasteiger charge is -2.16. The Balaban J connectivity index is 0.000000472. The molecule has 1 aromatic rings. The van der Waals surface area contributed by atoms with Crippen LogP contribution in [0.5, 0.6) is 5.75 Å². The molecule has 0 aromatic heterocycles. The molecule has 0 aliphatic rings. The summed E-state index contributed by atoms with van der Waals surface area (Å²) in [5.41, 5.74) is 4.26. The van der Waals surface area contributed by atoms with Crippen molar-refractivity contribution in [2.75, 3.05) is 0 Å². The number of halogens is 4. The number of primary amides is 1. The van der Waals surface area contributed by atoms with Gasteiger partial charge in [-0.25, -0.2) is 13.6 Å². The third-order valence-electron chi connectivity index (χ3n) is 1.72. The van der Waals surface area contributed by atoms with Crippen LogP contribution in [0.2, 0.25) is 0 Å². The van der Waals surface area contributed by atoms with Crippen molar-refractivity contribution >= 4 is 12.1 Å². The van der Waals surface area contributed by atoms with Gasteiger partial charge in [-0.1, -0.05) is 0 Å². The van der Waals surface area contributed by atoms with E-state index in [1.54, 1.807) is 20.8 Å². The van der Waals surface area contributed by atoms with Crippen LogP contribution in [0.15, 0.2) is 6.07 Å². The molecule has 0 aliphatic heterocycles. The molecule has 1 aromatic carbocycles. The maximum absolute atomic E-state index is 12.7. The van der Waals surface area contributed by atoms with E-state index in [1.165, 1.54) is 0 Å². The Morgan fingerprint density at radius 2 is 1.45 bits per heavy atom. The van der Waals surface area contributed by atoms with E-state index in [0.29, 0.717) is 0 Å². The number of hydrogen-bond donors (Lipinski definition) is 1. The van der Waals surface area contributed by atoms with Gasteiger partial charge in [-0.2, -0.15) is 8.78 Å². The number of amides is 1. The van der Waals surface area contributed by atoms with Gasteiger partial charge in [-0.3, -0.25) is 4.79 Å². The summed E-state index contributed by atoms with van der Waals surface area (Å²) in [5, 5.41) is 0. The van der Waals surface area contributed by atoms with Gasteiger partial charge < -0.3 is 15.2 Å². The van der Waals surface area contributed by atoms with Gasteiger partial charge in [0.15, 0.2) is 11.6 Å². The Morgan fingerprint density at radius 3 is 1.68 bits per heavy atom. The van der Waals surface area contributed by atoms with Crippen molar-refractivity contribution in [3.05, 3.63) is 29.3 Å². The van der Waals surface area contributed by atoms with Crippen LogP contribution >= 0.6 is 0 Å². The van der Waals surface area contributed by atoms with Gasteiger partial charge in [0.2, 0.25) is 17.4 Å². The van der Waals surface area contributed by atoms with Crippen LogP contribution in [0, 0.1) is 23.3 Å². The quantitative estimate of drug-likeness (QED) is 0.372. The zero-order chi connectivity index (χ0) is 17.7. The van der Waals surface area contributed by atoms with Crippen molar-refractivity contribution in [3.63, 3.8) is 0 Å². The number of carbonyl (C=O) groups is 2. The maximum Gasteiger partial charge on any atom is 0.405 e. The zero-order valence-electron chi connectivity index (χ0n) is 12.3. The fraction of sp³-hybridized carbons (Fsp3) is 0.385. The first kappa shape index (κ1) is 19.7. The molecule has 0 saturated heterocycles. The summed E-state index contributed by atoms with van der Waals surface area (Å²) in [6.07, 6.45) is -0.725. The first-order valence-corrected chi connectivity index (χ1v) is 5.85. The van der Waals surface area contributed by atoms with Crippen molar-refractivity contribution in [1.29, 1.82) is 0 Å². The number of nitrogens with two attached hydrogens (primary N) is 1. The van der Waals surface area contributed by atoms with E-state index in [4.69, 9.17) is 5.73 Å². The first-order valence-electron chi connectivity index (χ1n) is 5.85. The number of ether oxygens (including phenoxy) is 2. The standard InChI is InChI=1S/C8H4F4O2.C5H11NO2/c1-3(13)14-8-6(11)4(9)2-5(10)7(8)12;1-5(2,3)8-4(6)7/h2H,1H3;1-3H3,(H2,6,7). The summed E-state index contributed by atoms with van der Waals surface area (Å²) < 4.78 is 59.0. The molecular weight excluding hydrogens is 310 g/mol.